The van der Waals surface area contributed by atoms with E-state index in [0.29, 0.717) is 17.2 Å². The summed E-state index contributed by atoms with van der Waals surface area (Å²) in [6, 6.07) is 8.96. The standard InChI is InChI=1S/C17H22N4O2/c1-4-5-9-18-15-11-16(20-12(2)19-15)21-14-8-6-7-13(10-14)17(22)23-3/h6-8,10-11H,4-5,9H2,1-3H3,(H2,18,19,20,21). The lowest BCUT2D eigenvalue weighted by Crippen LogP contribution is -2.06. The number of nitrogens with zero attached hydrogens (tertiary/aromatic N) is 2. The first kappa shape index (κ1) is 16.7. The number of anilines is 3. The van der Waals surface area contributed by atoms with E-state index in [9.17, 15) is 4.79 Å². The van der Waals surface area contributed by atoms with Gasteiger partial charge in [-0.05, 0) is 31.5 Å². The Kier molecular flexibility index (Phi) is 5.91. The number of benzene rings is 1. The molecule has 0 amide bonds. The van der Waals surface area contributed by atoms with Gasteiger partial charge >= 0.3 is 5.97 Å². The molecular formula is C17H22N4O2. The highest BCUT2D eigenvalue weighted by Crippen LogP contribution is 2.19. The maximum absolute atomic E-state index is 11.6. The van der Waals surface area contributed by atoms with Gasteiger partial charge in [-0.2, -0.15) is 0 Å². The average Bonchev–Trinajstić information content (AvgIpc) is 2.54. The van der Waals surface area contributed by atoms with Gasteiger partial charge in [0.1, 0.15) is 17.5 Å². The summed E-state index contributed by atoms with van der Waals surface area (Å²) in [6.45, 7) is 4.87. The van der Waals surface area contributed by atoms with Crippen LogP contribution in [0.5, 0.6) is 0 Å². The molecule has 0 spiro atoms. The molecule has 2 aromatic rings. The van der Waals surface area contributed by atoms with E-state index in [0.717, 1.165) is 30.9 Å². The molecule has 0 radical (unpaired) electrons. The second-order valence-corrected chi connectivity index (χ2v) is 5.16. The van der Waals surface area contributed by atoms with Crippen LogP contribution in [0.3, 0.4) is 0 Å². The fourth-order valence-electron chi connectivity index (χ4n) is 2.11. The molecule has 6 heteroatoms. The summed E-state index contributed by atoms with van der Waals surface area (Å²) >= 11 is 0. The molecule has 0 saturated carbocycles. The smallest absolute Gasteiger partial charge is 0.337 e. The number of carbonyl (C=O) groups is 1. The topological polar surface area (TPSA) is 76.1 Å². The van der Waals surface area contributed by atoms with Gasteiger partial charge in [0.15, 0.2) is 0 Å². The number of carbonyl (C=O) groups excluding carboxylic acids is 1. The number of esters is 1. The number of aromatic nitrogens is 2. The second kappa shape index (κ2) is 8.12. The highest BCUT2D eigenvalue weighted by molar-refractivity contribution is 5.90. The van der Waals surface area contributed by atoms with Gasteiger partial charge in [-0.1, -0.05) is 19.4 Å². The van der Waals surface area contributed by atoms with Crippen molar-refractivity contribution in [3.05, 3.63) is 41.7 Å². The van der Waals surface area contributed by atoms with Gasteiger partial charge in [-0.25, -0.2) is 14.8 Å². The zero-order chi connectivity index (χ0) is 16.7. The predicted molar refractivity (Wildman–Crippen MR) is 91.2 cm³/mol. The number of hydrogen-bond acceptors (Lipinski definition) is 6. The summed E-state index contributed by atoms with van der Waals surface area (Å²) in [7, 11) is 1.37. The van der Waals surface area contributed by atoms with Gasteiger partial charge < -0.3 is 15.4 Å². The van der Waals surface area contributed by atoms with Crippen LogP contribution < -0.4 is 10.6 Å². The van der Waals surface area contributed by atoms with Gasteiger partial charge in [0.25, 0.3) is 0 Å². The minimum atomic E-state index is -0.366. The van der Waals surface area contributed by atoms with E-state index >= 15 is 0 Å². The number of ether oxygens (including phenoxy) is 1. The molecule has 2 N–H and O–H groups in total. The molecule has 0 aliphatic carbocycles. The van der Waals surface area contributed by atoms with Gasteiger partial charge in [0.05, 0.1) is 12.7 Å². The zero-order valence-electron chi connectivity index (χ0n) is 13.7. The van der Waals surface area contributed by atoms with Crippen molar-refractivity contribution in [1.82, 2.24) is 9.97 Å². The summed E-state index contributed by atoms with van der Waals surface area (Å²) in [5.41, 5.74) is 1.26. The maximum Gasteiger partial charge on any atom is 0.337 e. The van der Waals surface area contributed by atoms with Crippen LogP contribution in [0.1, 0.15) is 35.9 Å². The third kappa shape index (κ3) is 4.95. The summed E-state index contributed by atoms with van der Waals surface area (Å²) in [5.74, 6) is 1.78. The molecule has 2 rings (SSSR count). The molecule has 0 unspecified atom stereocenters. The molecule has 1 aromatic heterocycles. The number of aryl methyl sites for hydroxylation is 1. The van der Waals surface area contributed by atoms with E-state index in [2.05, 4.69) is 27.5 Å². The van der Waals surface area contributed by atoms with Crippen LogP contribution in [0, 0.1) is 6.92 Å². The number of unbranched alkanes of at least 4 members (excludes halogenated alkanes) is 1. The van der Waals surface area contributed by atoms with E-state index < -0.39 is 0 Å². The van der Waals surface area contributed by atoms with Crippen LogP contribution in [-0.4, -0.2) is 29.6 Å². The van der Waals surface area contributed by atoms with Crippen molar-refractivity contribution in [3.8, 4) is 0 Å². The van der Waals surface area contributed by atoms with Crippen molar-refractivity contribution in [3.63, 3.8) is 0 Å². The van der Waals surface area contributed by atoms with E-state index in [1.807, 2.05) is 19.1 Å². The minimum absolute atomic E-state index is 0.366. The molecule has 6 nitrogen and oxygen atoms in total. The molecule has 23 heavy (non-hydrogen) atoms. The number of hydrogen-bond donors (Lipinski definition) is 2. The Morgan fingerprint density at radius 1 is 1.22 bits per heavy atom. The quantitative estimate of drug-likeness (QED) is 0.601. The number of rotatable bonds is 7. The summed E-state index contributed by atoms with van der Waals surface area (Å²) in [4.78, 5) is 20.3. The van der Waals surface area contributed by atoms with Gasteiger partial charge in [-0.15, -0.1) is 0 Å². The van der Waals surface area contributed by atoms with Crippen LogP contribution in [0.15, 0.2) is 30.3 Å². The fourth-order valence-corrected chi connectivity index (χ4v) is 2.11. The van der Waals surface area contributed by atoms with Gasteiger partial charge in [-0.3, -0.25) is 0 Å². The molecule has 1 aromatic carbocycles. The highest BCUT2D eigenvalue weighted by Gasteiger charge is 2.07. The SMILES string of the molecule is CCCCNc1cc(Nc2cccc(C(=O)OC)c2)nc(C)n1. The Hall–Kier alpha value is -2.63. The molecule has 0 atom stereocenters. The molecule has 122 valence electrons. The Morgan fingerprint density at radius 2 is 2.00 bits per heavy atom. The molecule has 0 aliphatic rings. The van der Waals surface area contributed by atoms with Crippen molar-refractivity contribution >= 4 is 23.3 Å². The van der Waals surface area contributed by atoms with Crippen molar-refractivity contribution < 1.29 is 9.53 Å². The first-order valence-corrected chi connectivity index (χ1v) is 7.67. The maximum atomic E-state index is 11.6. The Bertz CT molecular complexity index is 673. The number of nitrogens with one attached hydrogen (secondary N) is 2. The monoisotopic (exact) mass is 314 g/mol. The molecule has 0 saturated heterocycles. The Morgan fingerprint density at radius 3 is 2.74 bits per heavy atom. The van der Waals surface area contributed by atoms with Crippen molar-refractivity contribution in [1.29, 1.82) is 0 Å². The minimum Gasteiger partial charge on any atom is -0.465 e. The Balaban J connectivity index is 2.14. The first-order chi connectivity index (χ1) is 11.1. The van der Waals surface area contributed by atoms with E-state index in [1.54, 1.807) is 18.2 Å². The third-order valence-electron chi connectivity index (χ3n) is 3.23. The third-order valence-corrected chi connectivity index (χ3v) is 3.23. The lowest BCUT2D eigenvalue weighted by molar-refractivity contribution is 0.0601. The largest absolute Gasteiger partial charge is 0.465 e. The van der Waals surface area contributed by atoms with Crippen LogP contribution >= 0.6 is 0 Å². The van der Waals surface area contributed by atoms with Gasteiger partial charge in [0, 0.05) is 18.3 Å². The zero-order valence-corrected chi connectivity index (χ0v) is 13.7. The first-order valence-electron chi connectivity index (χ1n) is 7.67. The average molecular weight is 314 g/mol. The van der Waals surface area contributed by atoms with E-state index in [4.69, 9.17) is 4.74 Å². The second-order valence-electron chi connectivity index (χ2n) is 5.16. The summed E-state index contributed by atoms with van der Waals surface area (Å²) < 4.78 is 4.73. The van der Waals surface area contributed by atoms with Crippen LogP contribution in [0.25, 0.3) is 0 Å². The summed E-state index contributed by atoms with van der Waals surface area (Å²) in [6.07, 6.45) is 2.22. The fraction of sp³-hybridized carbons (Fsp3) is 0.353. The normalized spacial score (nSPS) is 10.2. The molecule has 0 fully saturated rings. The van der Waals surface area contributed by atoms with E-state index in [1.165, 1.54) is 7.11 Å². The van der Waals surface area contributed by atoms with Gasteiger partial charge in [0.2, 0.25) is 0 Å². The van der Waals surface area contributed by atoms with Crippen molar-refractivity contribution in [2.75, 3.05) is 24.3 Å². The van der Waals surface area contributed by atoms with Crippen LogP contribution in [0.4, 0.5) is 17.3 Å². The Labute approximate surface area is 136 Å². The molecule has 1 heterocycles. The van der Waals surface area contributed by atoms with Crippen LogP contribution in [0.2, 0.25) is 0 Å². The molecule has 0 bridgehead atoms. The summed E-state index contributed by atoms with van der Waals surface area (Å²) in [5, 5.41) is 6.48. The lowest BCUT2D eigenvalue weighted by atomic mass is 10.2. The van der Waals surface area contributed by atoms with Crippen LogP contribution in [-0.2, 0) is 4.74 Å². The molecule has 0 aliphatic heterocycles. The van der Waals surface area contributed by atoms with Crippen molar-refractivity contribution in [2.45, 2.75) is 26.7 Å². The van der Waals surface area contributed by atoms with E-state index in [-0.39, 0.29) is 5.97 Å². The highest BCUT2D eigenvalue weighted by atomic mass is 16.5. The number of methoxy groups -OCH3 is 1. The predicted octanol–water partition coefficient (Wildman–Crippen LogP) is 3.53. The molecular weight excluding hydrogens is 292 g/mol. The lowest BCUT2D eigenvalue weighted by Gasteiger charge is -2.10. The van der Waals surface area contributed by atoms with Crippen molar-refractivity contribution in [2.24, 2.45) is 0 Å².